The smallest absolute Gasteiger partial charge is 0.159 e. The predicted octanol–water partition coefficient (Wildman–Crippen LogP) is 5.27. The Labute approximate surface area is 144 Å². The zero-order valence-electron chi connectivity index (χ0n) is 13.7. The molecule has 25 heavy (non-hydrogen) atoms. The number of Topliss-reactive ketones (excluding diaryl/α,β-unsaturated/α-hetero) is 1. The quantitative estimate of drug-likeness (QED) is 0.389. The van der Waals surface area contributed by atoms with Crippen molar-refractivity contribution >= 4 is 27.3 Å². The van der Waals surface area contributed by atoms with E-state index in [4.69, 9.17) is 0 Å². The highest BCUT2D eigenvalue weighted by atomic mass is 16.3. The highest BCUT2D eigenvalue weighted by Crippen LogP contribution is 2.37. The zero-order chi connectivity index (χ0) is 17.6. The van der Waals surface area contributed by atoms with E-state index in [1.165, 1.54) is 0 Å². The van der Waals surface area contributed by atoms with Gasteiger partial charge in [-0.15, -0.1) is 0 Å². The Morgan fingerprint density at radius 1 is 0.720 bits per heavy atom. The first-order valence-corrected chi connectivity index (χ1v) is 8.03. The van der Waals surface area contributed by atoms with E-state index >= 15 is 0 Å². The molecule has 4 aromatic rings. The summed E-state index contributed by atoms with van der Waals surface area (Å²) in [5.74, 6) is 0.434. The maximum Gasteiger partial charge on any atom is 0.159 e. The molecule has 0 unspecified atom stereocenters. The van der Waals surface area contributed by atoms with E-state index < -0.39 is 0 Å². The molecule has 122 valence electrons. The highest BCUT2D eigenvalue weighted by molar-refractivity contribution is 6.15. The van der Waals surface area contributed by atoms with Gasteiger partial charge in [0.2, 0.25) is 0 Å². The lowest BCUT2D eigenvalue weighted by atomic mass is 9.91. The first-order valence-electron chi connectivity index (χ1n) is 8.03. The molecule has 3 heteroatoms. The normalized spacial score (nSPS) is 11.1. The Balaban J connectivity index is 2.14. The van der Waals surface area contributed by atoms with E-state index in [9.17, 15) is 15.0 Å². The van der Waals surface area contributed by atoms with Crippen LogP contribution in [0.5, 0.6) is 11.5 Å². The molecular weight excluding hydrogens is 312 g/mol. The second kappa shape index (κ2) is 5.64. The number of phenolic OH excluding ortho intramolecular Hbond substituents is 2. The first-order chi connectivity index (χ1) is 12.0. The van der Waals surface area contributed by atoms with Gasteiger partial charge >= 0.3 is 0 Å². The van der Waals surface area contributed by atoms with Crippen LogP contribution in [-0.2, 0) is 0 Å². The van der Waals surface area contributed by atoms with Crippen molar-refractivity contribution in [3.8, 4) is 22.6 Å². The predicted molar refractivity (Wildman–Crippen MR) is 100 cm³/mol. The highest BCUT2D eigenvalue weighted by Gasteiger charge is 2.11. The lowest BCUT2D eigenvalue weighted by Crippen LogP contribution is -1.93. The van der Waals surface area contributed by atoms with Crippen LogP contribution in [0.25, 0.3) is 32.7 Å². The van der Waals surface area contributed by atoms with E-state index in [2.05, 4.69) is 0 Å². The van der Waals surface area contributed by atoms with Crippen LogP contribution in [0.1, 0.15) is 17.3 Å². The Morgan fingerprint density at radius 3 is 2.12 bits per heavy atom. The van der Waals surface area contributed by atoms with Crippen molar-refractivity contribution in [2.75, 3.05) is 0 Å². The van der Waals surface area contributed by atoms with Crippen LogP contribution in [0.2, 0.25) is 0 Å². The Kier molecular flexibility index (Phi) is 3.43. The summed E-state index contributed by atoms with van der Waals surface area (Å²) >= 11 is 0. The summed E-state index contributed by atoms with van der Waals surface area (Å²) in [7, 11) is 0. The van der Waals surface area contributed by atoms with Gasteiger partial charge in [-0.3, -0.25) is 4.79 Å². The molecule has 0 aliphatic heterocycles. The molecular formula is C22H16O3. The number of benzene rings is 4. The minimum absolute atomic E-state index is 0.0179. The molecule has 3 nitrogen and oxygen atoms in total. The molecule has 0 bridgehead atoms. The second-order valence-electron chi connectivity index (χ2n) is 6.19. The molecule has 4 rings (SSSR count). The molecule has 0 spiro atoms. The minimum Gasteiger partial charge on any atom is -0.508 e. The van der Waals surface area contributed by atoms with Crippen LogP contribution >= 0.6 is 0 Å². The van der Waals surface area contributed by atoms with Gasteiger partial charge in [0.1, 0.15) is 11.5 Å². The van der Waals surface area contributed by atoms with Gasteiger partial charge in [-0.2, -0.15) is 0 Å². The van der Waals surface area contributed by atoms with Crippen LogP contribution in [0.4, 0.5) is 0 Å². The van der Waals surface area contributed by atoms with E-state index in [1.807, 2.05) is 42.5 Å². The number of carbonyl (C=O) groups is 1. The Morgan fingerprint density at radius 2 is 1.40 bits per heavy atom. The Hall–Kier alpha value is -3.33. The van der Waals surface area contributed by atoms with Crippen molar-refractivity contribution in [2.45, 2.75) is 6.92 Å². The summed E-state index contributed by atoms with van der Waals surface area (Å²) < 4.78 is 0. The average Bonchev–Trinajstić information content (AvgIpc) is 2.61. The zero-order valence-corrected chi connectivity index (χ0v) is 13.7. The van der Waals surface area contributed by atoms with Gasteiger partial charge < -0.3 is 10.2 Å². The SMILES string of the molecule is CC(=O)c1ccc2c(c1)c(-c1ccc(O)cc1)cc1cc(O)ccc12. The molecule has 0 aromatic heterocycles. The van der Waals surface area contributed by atoms with Crippen molar-refractivity contribution in [3.05, 3.63) is 72.3 Å². The standard InChI is InChI=1S/C22H16O3/c1-13(23)15-4-8-20-19-9-7-18(25)10-16(19)12-21(22(20)11-15)14-2-5-17(24)6-3-14/h2-12,24-25H,1H3. The molecule has 4 aromatic carbocycles. The van der Waals surface area contributed by atoms with E-state index in [1.54, 1.807) is 31.2 Å². The van der Waals surface area contributed by atoms with Gasteiger partial charge in [0.25, 0.3) is 0 Å². The van der Waals surface area contributed by atoms with Gasteiger partial charge in [-0.05, 0) is 76.0 Å². The largest absolute Gasteiger partial charge is 0.508 e. The van der Waals surface area contributed by atoms with Crippen LogP contribution in [0.3, 0.4) is 0 Å². The molecule has 0 aliphatic rings. The van der Waals surface area contributed by atoms with Gasteiger partial charge in [0.15, 0.2) is 5.78 Å². The summed E-state index contributed by atoms with van der Waals surface area (Å²) in [5, 5.41) is 23.3. The first kappa shape index (κ1) is 15.2. The number of carbonyl (C=O) groups excluding carboxylic acids is 1. The maximum absolute atomic E-state index is 11.8. The number of fused-ring (bicyclic) bond motifs is 3. The van der Waals surface area contributed by atoms with Gasteiger partial charge in [0, 0.05) is 5.56 Å². The lowest BCUT2D eigenvalue weighted by Gasteiger charge is -2.12. The van der Waals surface area contributed by atoms with Gasteiger partial charge in [0.05, 0.1) is 0 Å². The molecule has 0 aliphatic carbocycles. The molecule has 0 radical (unpaired) electrons. The van der Waals surface area contributed by atoms with E-state index in [-0.39, 0.29) is 17.3 Å². The third-order valence-electron chi connectivity index (χ3n) is 4.52. The molecule has 0 heterocycles. The summed E-state index contributed by atoms with van der Waals surface area (Å²) in [6, 6.07) is 20.0. The number of hydrogen-bond acceptors (Lipinski definition) is 3. The third-order valence-corrected chi connectivity index (χ3v) is 4.52. The van der Waals surface area contributed by atoms with Crippen LogP contribution in [-0.4, -0.2) is 16.0 Å². The summed E-state index contributed by atoms with van der Waals surface area (Å²) in [6.45, 7) is 1.56. The number of aromatic hydroxyl groups is 2. The number of ketones is 1. The lowest BCUT2D eigenvalue weighted by molar-refractivity contribution is 0.101. The molecule has 0 amide bonds. The van der Waals surface area contributed by atoms with Crippen molar-refractivity contribution in [3.63, 3.8) is 0 Å². The fraction of sp³-hybridized carbons (Fsp3) is 0.0455. The van der Waals surface area contributed by atoms with Crippen LogP contribution < -0.4 is 0 Å². The topological polar surface area (TPSA) is 57.5 Å². The number of phenols is 2. The third kappa shape index (κ3) is 2.60. The average molecular weight is 328 g/mol. The van der Waals surface area contributed by atoms with Crippen LogP contribution in [0, 0.1) is 0 Å². The van der Waals surface area contributed by atoms with E-state index in [0.717, 1.165) is 32.7 Å². The second-order valence-corrected chi connectivity index (χ2v) is 6.19. The summed E-state index contributed by atoms with van der Waals surface area (Å²) in [5.41, 5.74) is 2.55. The number of rotatable bonds is 2. The van der Waals surface area contributed by atoms with Crippen molar-refractivity contribution in [2.24, 2.45) is 0 Å². The van der Waals surface area contributed by atoms with Gasteiger partial charge in [-0.25, -0.2) is 0 Å². The minimum atomic E-state index is 0.0179. The van der Waals surface area contributed by atoms with Gasteiger partial charge in [-0.1, -0.05) is 30.3 Å². The summed E-state index contributed by atoms with van der Waals surface area (Å²) in [6.07, 6.45) is 0. The fourth-order valence-electron chi connectivity index (χ4n) is 3.25. The number of hydrogen-bond donors (Lipinski definition) is 2. The molecule has 0 saturated heterocycles. The van der Waals surface area contributed by atoms with Crippen molar-refractivity contribution < 1.29 is 15.0 Å². The molecule has 0 fully saturated rings. The Bertz CT molecular complexity index is 1130. The van der Waals surface area contributed by atoms with Crippen molar-refractivity contribution in [1.29, 1.82) is 0 Å². The monoisotopic (exact) mass is 328 g/mol. The molecule has 0 saturated carbocycles. The molecule has 0 atom stereocenters. The van der Waals surface area contributed by atoms with Crippen LogP contribution in [0.15, 0.2) is 66.7 Å². The molecule has 2 N–H and O–H groups in total. The fourth-order valence-corrected chi connectivity index (χ4v) is 3.25. The summed E-state index contributed by atoms with van der Waals surface area (Å²) in [4.78, 5) is 11.8. The van der Waals surface area contributed by atoms with E-state index in [0.29, 0.717) is 5.56 Å². The van der Waals surface area contributed by atoms with Crippen molar-refractivity contribution in [1.82, 2.24) is 0 Å². The maximum atomic E-state index is 11.8.